The lowest BCUT2D eigenvalue weighted by Gasteiger charge is -2.28. The molecule has 78 valence electrons. The van der Waals surface area contributed by atoms with Gasteiger partial charge in [0, 0.05) is 6.04 Å². The maximum atomic E-state index is 5.44. The predicted molar refractivity (Wildman–Crippen MR) is 59.0 cm³/mol. The number of hydrogen-bond acceptors (Lipinski definition) is 4. The molecular weight excluding hydrogens is 176 g/mol. The smallest absolute Gasteiger partial charge is 0.144 e. The van der Waals surface area contributed by atoms with Crippen molar-refractivity contribution in [2.24, 2.45) is 5.41 Å². The van der Waals surface area contributed by atoms with E-state index in [1.54, 1.807) is 12.4 Å². The number of nitrogens with zero attached hydrogens (tertiary/aromatic N) is 2. The summed E-state index contributed by atoms with van der Waals surface area (Å²) in [5.74, 6) is 1.21. The molecule has 0 aliphatic carbocycles. The summed E-state index contributed by atoms with van der Waals surface area (Å²) in [6.45, 7) is 8.65. The van der Waals surface area contributed by atoms with Crippen molar-refractivity contribution in [2.75, 3.05) is 11.1 Å². The van der Waals surface area contributed by atoms with Crippen LogP contribution in [0.1, 0.15) is 27.7 Å². The van der Waals surface area contributed by atoms with Gasteiger partial charge < -0.3 is 11.1 Å². The topological polar surface area (TPSA) is 63.8 Å². The lowest BCUT2D eigenvalue weighted by molar-refractivity contribution is 0.358. The highest BCUT2D eigenvalue weighted by molar-refractivity contribution is 5.37. The van der Waals surface area contributed by atoms with Crippen LogP contribution in [-0.4, -0.2) is 16.0 Å². The Morgan fingerprint density at radius 1 is 1.29 bits per heavy atom. The summed E-state index contributed by atoms with van der Waals surface area (Å²) in [7, 11) is 0. The van der Waals surface area contributed by atoms with Crippen molar-refractivity contribution < 1.29 is 0 Å². The van der Waals surface area contributed by atoms with Gasteiger partial charge in [0.2, 0.25) is 0 Å². The summed E-state index contributed by atoms with van der Waals surface area (Å²) in [6.07, 6.45) is 3.20. The second kappa shape index (κ2) is 3.82. The van der Waals surface area contributed by atoms with Crippen LogP contribution in [0.15, 0.2) is 12.4 Å². The van der Waals surface area contributed by atoms with Crippen molar-refractivity contribution in [1.82, 2.24) is 9.97 Å². The first kappa shape index (κ1) is 10.8. The van der Waals surface area contributed by atoms with Crippen molar-refractivity contribution in [1.29, 1.82) is 0 Å². The molecule has 0 radical (unpaired) electrons. The third-order valence-corrected chi connectivity index (χ3v) is 2.34. The van der Waals surface area contributed by atoms with Gasteiger partial charge in [-0.25, -0.2) is 9.97 Å². The van der Waals surface area contributed by atoms with Crippen LogP contribution in [-0.2, 0) is 0 Å². The van der Waals surface area contributed by atoms with Crippen molar-refractivity contribution in [3.63, 3.8) is 0 Å². The number of nitrogens with one attached hydrogen (secondary N) is 1. The number of anilines is 2. The van der Waals surface area contributed by atoms with Crippen LogP contribution in [0.3, 0.4) is 0 Å². The normalized spacial score (nSPS) is 13.7. The number of nitrogens with two attached hydrogens (primary N) is 1. The standard InChI is InChI=1S/C10H18N4/c1-7(10(2,3)4)14-9-6-12-8(11)5-13-9/h5-7H,1-4H3,(H2,11,12)(H,13,14). The minimum Gasteiger partial charge on any atom is -0.382 e. The highest BCUT2D eigenvalue weighted by Gasteiger charge is 2.19. The molecule has 0 spiro atoms. The Morgan fingerprint density at radius 2 is 1.93 bits per heavy atom. The third kappa shape index (κ3) is 2.87. The lowest BCUT2D eigenvalue weighted by atomic mass is 9.88. The molecule has 3 N–H and O–H groups in total. The quantitative estimate of drug-likeness (QED) is 0.754. The Kier molecular flexibility index (Phi) is 2.93. The number of rotatable bonds is 2. The Balaban J connectivity index is 2.65. The molecule has 0 aliphatic rings. The number of hydrogen-bond donors (Lipinski definition) is 2. The Labute approximate surface area is 85.0 Å². The van der Waals surface area contributed by atoms with E-state index in [4.69, 9.17) is 5.73 Å². The van der Waals surface area contributed by atoms with Crippen LogP contribution in [0.2, 0.25) is 0 Å². The fourth-order valence-electron chi connectivity index (χ4n) is 0.851. The van der Waals surface area contributed by atoms with Crippen LogP contribution < -0.4 is 11.1 Å². The van der Waals surface area contributed by atoms with Crippen LogP contribution in [0.4, 0.5) is 11.6 Å². The molecule has 1 rings (SSSR count). The van der Waals surface area contributed by atoms with Gasteiger partial charge in [-0.3, -0.25) is 0 Å². The fraction of sp³-hybridized carbons (Fsp3) is 0.600. The minimum absolute atomic E-state index is 0.197. The van der Waals surface area contributed by atoms with Gasteiger partial charge in [0.15, 0.2) is 0 Å². The monoisotopic (exact) mass is 194 g/mol. The molecule has 1 heterocycles. The largest absolute Gasteiger partial charge is 0.382 e. The highest BCUT2D eigenvalue weighted by Crippen LogP contribution is 2.21. The van der Waals surface area contributed by atoms with E-state index in [1.165, 1.54) is 0 Å². The molecule has 0 aromatic carbocycles. The highest BCUT2D eigenvalue weighted by atomic mass is 15.0. The van der Waals surface area contributed by atoms with E-state index in [2.05, 4.69) is 43.0 Å². The average molecular weight is 194 g/mol. The second-order valence-electron chi connectivity index (χ2n) is 4.56. The molecular formula is C10H18N4. The van der Waals surface area contributed by atoms with Gasteiger partial charge in [0.25, 0.3) is 0 Å². The molecule has 0 fully saturated rings. The summed E-state index contributed by atoms with van der Waals surface area (Å²) in [5, 5.41) is 3.28. The van der Waals surface area contributed by atoms with Crippen LogP contribution in [0.5, 0.6) is 0 Å². The minimum atomic E-state index is 0.197. The van der Waals surface area contributed by atoms with Gasteiger partial charge in [-0.1, -0.05) is 20.8 Å². The van der Waals surface area contributed by atoms with E-state index >= 15 is 0 Å². The van der Waals surface area contributed by atoms with Crippen LogP contribution >= 0.6 is 0 Å². The molecule has 1 aromatic rings. The fourth-order valence-corrected chi connectivity index (χ4v) is 0.851. The van der Waals surface area contributed by atoms with E-state index < -0.39 is 0 Å². The average Bonchev–Trinajstić information content (AvgIpc) is 2.07. The molecule has 1 unspecified atom stereocenters. The maximum Gasteiger partial charge on any atom is 0.144 e. The third-order valence-electron chi connectivity index (χ3n) is 2.34. The molecule has 0 bridgehead atoms. The first-order valence-electron chi connectivity index (χ1n) is 4.73. The van der Waals surface area contributed by atoms with E-state index in [0.717, 1.165) is 5.82 Å². The van der Waals surface area contributed by atoms with Crippen molar-refractivity contribution in [3.05, 3.63) is 12.4 Å². The molecule has 1 atom stereocenters. The Morgan fingerprint density at radius 3 is 2.36 bits per heavy atom. The number of nitrogen functional groups attached to an aromatic ring is 1. The second-order valence-corrected chi connectivity index (χ2v) is 4.56. The van der Waals surface area contributed by atoms with Gasteiger partial charge in [-0.15, -0.1) is 0 Å². The summed E-state index contributed by atoms with van der Waals surface area (Å²) >= 11 is 0. The summed E-state index contributed by atoms with van der Waals surface area (Å²) in [5.41, 5.74) is 5.64. The van der Waals surface area contributed by atoms with E-state index in [1.807, 2.05) is 0 Å². The van der Waals surface area contributed by atoms with Crippen LogP contribution in [0.25, 0.3) is 0 Å². The Bertz CT molecular complexity index is 286. The first-order chi connectivity index (χ1) is 6.39. The van der Waals surface area contributed by atoms with Crippen LogP contribution in [0, 0.1) is 5.41 Å². The van der Waals surface area contributed by atoms with Gasteiger partial charge in [0.1, 0.15) is 11.6 Å². The van der Waals surface area contributed by atoms with Gasteiger partial charge in [-0.2, -0.15) is 0 Å². The lowest BCUT2D eigenvalue weighted by Crippen LogP contribution is -2.31. The molecule has 1 aromatic heterocycles. The molecule has 0 saturated heterocycles. The molecule has 4 heteroatoms. The summed E-state index contributed by atoms with van der Waals surface area (Å²) < 4.78 is 0. The molecule has 0 saturated carbocycles. The molecule has 0 aliphatic heterocycles. The Hall–Kier alpha value is -1.32. The van der Waals surface area contributed by atoms with E-state index in [-0.39, 0.29) is 5.41 Å². The zero-order valence-corrected chi connectivity index (χ0v) is 9.20. The van der Waals surface area contributed by atoms with Crippen molar-refractivity contribution in [3.8, 4) is 0 Å². The SMILES string of the molecule is CC(Nc1cnc(N)cn1)C(C)(C)C. The van der Waals surface area contributed by atoms with Crippen molar-refractivity contribution >= 4 is 11.6 Å². The van der Waals surface area contributed by atoms with E-state index in [0.29, 0.717) is 11.9 Å². The number of aromatic nitrogens is 2. The van der Waals surface area contributed by atoms with Gasteiger partial charge >= 0.3 is 0 Å². The first-order valence-corrected chi connectivity index (χ1v) is 4.73. The molecule has 4 nitrogen and oxygen atoms in total. The zero-order valence-electron chi connectivity index (χ0n) is 9.20. The predicted octanol–water partition coefficient (Wildman–Crippen LogP) is 1.91. The summed E-state index contributed by atoms with van der Waals surface area (Å²) in [4.78, 5) is 8.10. The van der Waals surface area contributed by atoms with Gasteiger partial charge in [0.05, 0.1) is 12.4 Å². The maximum absolute atomic E-state index is 5.44. The van der Waals surface area contributed by atoms with Crippen molar-refractivity contribution in [2.45, 2.75) is 33.7 Å². The molecule has 14 heavy (non-hydrogen) atoms. The van der Waals surface area contributed by atoms with Gasteiger partial charge in [-0.05, 0) is 12.3 Å². The zero-order chi connectivity index (χ0) is 10.8. The summed E-state index contributed by atoms with van der Waals surface area (Å²) in [6, 6.07) is 0.334. The van der Waals surface area contributed by atoms with E-state index in [9.17, 15) is 0 Å². The molecule has 0 amide bonds.